The summed E-state index contributed by atoms with van der Waals surface area (Å²) in [6, 6.07) is 1.75. The Bertz CT molecular complexity index is 650. The minimum absolute atomic E-state index is 0.0365. The second-order valence-corrected chi connectivity index (χ2v) is 8.58. The minimum Gasteiger partial charge on any atom is -0.493 e. The van der Waals surface area contributed by atoms with Crippen molar-refractivity contribution >= 4 is 40.9 Å². The van der Waals surface area contributed by atoms with E-state index in [9.17, 15) is 4.79 Å². The number of hydrogen-bond acceptors (Lipinski definition) is 3. The van der Waals surface area contributed by atoms with Crippen LogP contribution in [0.25, 0.3) is 0 Å². The van der Waals surface area contributed by atoms with Crippen LogP contribution in [-0.4, -0.2) is 36.3 Å². The highest BCUT2D eigenvalue weighted by Gasteiger charge is 2.38. The summed E-state index contributed by atoms with van der Waals surface area (Å²) in [4.78, 5) is 13.8. The predicted molar refractivity (Wildman–Crippen MR) is 102 cm³/mol. The summed E-state index contributed by atoms with van der Waals surface area (Å²) >= 11 is 19.0. The van der Waals surface area contributed by atoms with E-state index in [1.165, 1.54) is 0 Å². The van der Waals surface area contributed by atoms with Crippen LogP contribution in [0.15, 0.2) is 6.07 Å². The molecule has 0 spiro atoms. The first-order valence-electron chi connectivity index (χ1n) is 8.31. The van der Waals surface area contributed by atoms with E-state index in [0.29, 0.717) is 35.5 Å². The largest absolute Gasteiger partial charge is 0.493 e. The zero-order valence-corrected chi connectivity index (χ0v) is 17.4. The van der Waals surface area contributed by atoms with Crippen molar-refractivity contribution < 1.29 is 14.3 Å². The minimum atomic E-state index is -0.520. The van der Waals surface area contributed by atoms with Crippen LogP contribution in [0.2, 0.25) is 10.0 Å². The van der Waals surface area contributed by atoms with E-state index in [1.54, 1.807) is 11.0 Å². The molecule has 1 aromatic carbocycles. The molecule has 1 aliphatic rings. The van der Waals surface area contributed by atoms with Crippen LogP contribution in [0.5, 0.6) is 5.75 Å². The lowest BCUT2D eigenvalue weighted by Crippen LogP contribution is -2.50. The number of halogens is 3. The molecule has 1 atom stereocenters. The summed E-state index contributed by atoms with van der Waals surface area (Å²) in [6.07, 6.45) is -0.328. The molecule has 1 unspecified atom stereocenters. The van der Waals surface area contributed by atoms with E-state index in [0.717, 1.165) is 11.1 Å². The van der Waals surface area contributed by atoms with E-state index < -0.39 is 5.60 Å². The van der Waals surface area contributed by atoms with Crippen LogP contribution in [0.3, 0.4) is 0 Å². The van der Waals surface area contributed by atoms with Gasteiger partial charge in [0.05, 0.1) is 22.0 Å². The maximum Gasteiger partial charge on any atom is 0.410 e. The van der Waals surface area contributed by atoms with Gasteiger partial charge in [-0.2, -0.15) is 0 Å². The molecule has 1 heterocycles. The second kappa shape index (κ2) is 7.81. The number of amides is 1. The molecular weight excluding hydrogens is 385 g/mol. The molecule has 0 aromatic heterocycles. The summed E-state index contributed by atoms with van der Waals surface area (Å²) in [7, 11) is 0. The molecule has 0 saturated carbocycles. The highest BCUT2D eigenvalue weighted by Crippen LogP contribution is 2.46. The Morgan fingerprint density at radius 1 is 1.36 bits per heavy atom. The van der Waals surface area contributed by atoms with Crippen LogP contribution >= 0.6 is 34.8 Å². The maximum absolute atomic E-state index is 12.1. The zero-order valence-electron chi connectivity index (χ0n) is 15.2. The van der Waals surface area contributed by atoms with E-state index >= 15 is 0 Å². The van der Waals surface area contributed by atoms with Gasteiger partial charge in [0.1, 0.15) is 11.4 Å². The lowest BCUT2D eigenvalue weighted by atomic mass is 9.89. The molecular formula is C18H24Cl3NO3. The fourth-order valence-corrected chi connectivity index (χ4v) is 3.43. The van der Waals surface area contributed by atoms with Crippen molar-refractivity contribution in [2.45, 2.75) is 51.5 Å². The molecule has 1 saturated heterocycles. The monoisotopic (exact) mass is 407 g/mol. The van der Waals surface area contributed by atoms with Gasteiger partial charge in [-0.05, 0) is 40.7 Å². The van der Waals surface area contributed by atoms with Crippen LogP contribution in [0.4, 0.5) is 4.79 Å². The van der Waals surface area contributed by atoms with Gasteiger partial charge in [0.25, 0.3) is 0 Å². The van der Waals surface area contributed by atoms with Crippen molar-refractivity contribution in [3.05, 3.63) is 27.2 Å². The second-order valence-electron chi connectivity index (χ2n) is 7.14. The lowest BCUT2D eigenvalue weighted by molar-refractivity contribution is 0.00796. The van der Waals surface area contributed by atoms with Gasteiger partial charge in [0.15, 0.2) is 0 Å². The van der Waals surface area contributed by atoms with E-state index in [4.69, 9.17) is 44.3 Å². The number of benzene rings is 1. The van der Waals surface area contributed by atoms with Crippen molar-refractivity contribution in [1.29, 1.82) is 0 Å². The molecule has 0 radical (unpaired) electrons. The summed E-state index contributed by atoms with van der Waals surface area (Å²) in [5, 5.41) is 0.635. The molecule has 140 valence electrons. The van der Waals surface area contributed by atoms with Crippen molar-refractivity contribution in [3.8, 4) is 5.75 Å². The van der Waals surface area contributed by atoms with Gasteiger partial charge in [-0.1, -0.05) is 23.2 Å². The van der Waals surface area contributed by atoms with Crippen LogP contribution in [0, 0.1) is 0 Å². The Morgan fingerprint density at radius 3 is 2.44 bits per heavy atom. The topological polar surface area (TPSA) is 38.8 Å². The van der Waals surface area contributed by atoms with Gasteiger partial charge in [0.2, 0.25) is 0 Å². The van der Waals surface area contributed by atoms with Crippen LogP contribution in [-0.2, 0) is 4.74 Å². The smallest absolute Gasteiger partial charge is 0.410 e. The third-order valence-corrected chi connectivity index (χ3v) is 4.93. The van der Waals surface area contributed by atoms with Crippen LogP contribution in [0.1, 0.15) is 57.0 Å². The van der Waals surface area contributed by atoms with Crippen molar-refractivity contribution in [1.82, 2.24) is 4.90 Å². The molecule has 0 N–H and O–H groups in total. The SMILES string of the molecule is CCOc1c(C(C)Cl)cc(Cl)c(Cl)c1C1CN(C(=O)OC(C)(C)C)C1. The van der Waals surface area contributed by atoms with Gasteiger partial charge >= 0.3 is 6.09 Å². The van der Waals surface area contributed by atoms with Gasteiger partial charge in [-0.25, -0.2) is 4.79 Å². The van der Waals surface area contributed by atoms with Gasteiger partial charge < -0.3 is 14.4 Å². The summed E-state index contributed by atoms with van der Waals surface area (Å²) in [5.74, 6) is 0.711. The molecule has 7 heteroatoms. The van der Waals surface area contributed by atoms with Gasteiger partial charge in [0, 0.05) is 30.1 Å². The number of ether oxygens (including phenoxy) is 2. The van der Waals surface area contributed by atoms with E-state index in [2.05, 4.69) is 0 Å². The molecule has 2 rings (SSSR count). The third kappa shape index (κ3) is 4.66. The maximum atomic E-state index is 12.1. The first-order chi connectivity index (χ1) is 11.5. The molecule has 25 heavy (non-hydrogen) atoms. The zero-order chi connectivity index (χ0) is 18.9. The molecule has 1 amide bonds. The highest BCUT2D eigenvalue weighted by atomic mass is 35.5. The standard InChI is InChI=1S/C18H24Cl3NO3/c1-6-24-16-12(10(2)19)7-13(20)15(21)14(16)11-8-22(9-11)17(23)25-18(3,4)5/h7,10-11H,6,8-9H2,1-5H3. The fraction of sp³-hybridized carbons (Fsp3) is 0.611. The Kier molecular flexibility index (Phi) is 6.40. The van der Waals surface area contributed by atoms with Crippen LogP contribution < -0.4 is 4.74 Å². The summed E-state index contributed by atoms with van der Waals surface area (Å²) < 4.78 is 11.2. The molecule has 1 aliphatic heterocycles. The van der Waals surface area contributed by atoms with Crippen molar-refractivity contribution in [3.63, 3.8) is 0 Å². The highest BCUT2D eigenvalue weighted by molar-refractivity contribution is 6.42. The molecule has 4 nitrogen and oxygen atoms in total. The number of nitrogens with zero attached hydrogens (tertiary/aromatic N) is 1. The number of rotatable bonds is 4. The Labute approximate surface area is 164 Å². The number of likely N-dealkylation sites (tertiary alicyclic amines) is 1. The first kappa shape index (κ1) is 20.5. The molecule has 1 aromatic rings. The molecule has 0 aliphatic carbocycles. The first-order valence-corrected chi connectivity index (χ1v) is 9.51. The lowest BCUT2D eigenvalue weighted by Gasteiger charge is -2.41. The van der Waals surface area contributed by atoms with E-state index in [-0.39, 0.29) is 17.4 Å². The number of alkyl halides is 1. The van der Waals surface area contributed by atoms with E-state index in [1.807, 2.05) is 34.6 Å². The van der Waals surface area contributed by atoms with Gasteiger partial charge in [-0.3, -0.25) is 0 Å². The third-order valence-electron chi connectivity index (χ3n) is 3.89. The average Bonchev–Trinajstić information content (AvgIpc) is 2.41. The van der Waals surface area contributed by atoms with Crippen molar-refractivity contribution in [2.75, 3.05) is 19.7 Å². The molecule has 1 fully saturated rings. The van der Waals surface area contributed by atoms with Crippen molar-refractivity contribution in [2.24, 2.45) is 0 Å². The predicted octanol–water partition coefficient (Wildman–Crippen LogP) is 6.03. The fourth-order valence-electron chi connectivity index (χ4n) is 2.75. The number of hydrogen-bond donors (Lipinski definition) is 0. The van der Waals surface area contributed by atoms with Gasteiger partial charge in [-0.15, -0.1) is 11.6 Å². The Balaban J connectivity index is 2.27. The Morgan fingerprint density at radius 2 is 1.96 bits per heavy atom. The number of carbonyl (C=O) groups excluding carboxylic acids is 1. The Hall–Kier alpha value is -0.840. The average molecular weight is 409 g/mol. The quantitative estimate of drug-likeness (QED) is 0.571. The number of carbonyl (C=O) groups is 1. The normalized spacial score (nSPS) is 16.4. The summed E-state index contributed by atoms with van der Waals surface area (Å²) in [5.41, 5.74) is 1.11. The molecule has 0 bridgehead atoms. The summed E-state index contributed by atoms with van der Waals surface area (Å²) in [6.45, 7) is 10.8.